The van der Waals surface area contributed by atoms with E-state index >= 15 is 0 Å². The number of carbonyl (C=O) groups is 1. The Kier molecular flexibility index (Phi) is 7.82. The van der Waals surface area contributed by atoms with Crippen LogP contribution >= 0.6 is 23.2 Å². The van der Waals surface area contributed by atoms with Crippen molar-refractivity contribution in [1.29, 1.82) is 0 Å². The molecule has 1 aliphatic heterocycles. The van der Waals surface area contributed by atoms with Gasteiger partial charge in [-0.15, -0.1) is 0 Å². The summed E-state index contributed by atoms with van der Waals surface area (Å²) in [5, 5.41) is 3.98. The molecule has 2 rings (SSSR count). The molecule has 0 bridgehead atoms. The summed E-state index contributed by atoms with van der Waals surface area (Å²) in [6.07, 6.45) is 2.18. The van der Waals surface area contributed by atoms with Crippen LogP contribution < -0.4 is 5.32 Å². The molecule has 6 heteroatoms. The van der Waals surface area contributed by atoms with E-state index in [9.17, 15) is 4.79 Å². The topological polar surface area (TPSA) is 41.6 Å². The minimum absolute atomic E-state index is 0.174. The van der Waals surface area contributed by atoms with Crippen LogP contribution in [-0.2, 0) is 4.74 Å². The van der Waals surface area contributed by atoms with Crippen LogP contribution in [0.5, 0.6) is 0 Å². The Morgan fingerprint density at radius 3 is 2.54 bits per heavy atom. The summed E-state index contributed by atoms with van der Waals surface area (Å²) in [4.78, 5) is 14.9. The van der Waals surface area contributed by atoms with Crippen LogP contribution in [0.2, 0.25) is 10.0 Å². The Labute approximate surface area is 154 Å². The minimum Gasteiger partial charge on any atom is -0.379 e. The fourth-order valence-electron chi connectivity index (χ4n) is 3.30. The number of benzene rings is 1. The number of carbonyl (C=O) groups excluding carboxylic acids is 1. The van der Waals surface area contributed by atoms with Crippen LogP contribution in [0.4, 0.5) is 0 Å². The molecule has 1 aromatic carbocycles. The average molecular weight is 373 g/mol. The molecule has 1 atom stereocenters. The molecule has 4 nitrogen and oxygen atoms in total. The van der Waals surface area contributed by atoms with Gasteiger partial charge >= 0.3 is 0 Å². The van der Waals surface area contributed by atoms with Crippen molar-refractivity contribution in [2.75, 3.05) is 32.8 Å². The molecule has 1 unspecified atom stereocenters. The highest BCUT2D eigenvalue weighted by Crippen LogP contribution is 2.22. The van der Waals surface area contributed by atoms with Gasteiger partial charge in [-0.2, -0.15) is 0 Å². The lowest BCUT2D eigenvalue weighted by molar-refractivity contribution is 0.00191. The lowest BCUT2D eigenvalue weighted by Crippen LogP contribution is -2.52. The van der Waals surface area contributed by atoms with E-state index < -0.39 is 0 Å². The highest BCUT2D eigenvalue weighted by molar-refractivity contribution is 6.35. The lowest BCUT2D eigenvalue weighted by atomic mass is 9.92. The molecule has 1 aliphatic rings. The van der Waals surface area contributed by atoms with Gasteiger partial charge in [0.15, 0.2) is 0 Å². The zero-order valence-corrected chi connectivity index (χ0v) is 15.9. The van der Waals surface area contributed by atoms with E-state index in [1.807, 2.05) is 0 Å². The van der Waals surface area contributed by atoms with Crippen molar-refractivity contribution in [2.24, 2.45) is 5.92 Å². The maximum Gasteiger partial charge on any atom is 0.252 e. The van der Waals surface area contributed by atoms with Crippen molar-refractivity contribution in [3.05, 3.63) is 33.8 Å². The first-order valence-electron chi connectivity index (χ1n) is 8.61. The normalized spacial score (nSPS) is 17.0. The second kappa shape index (κ2) is 9.62. The summed E-state index contributed by atoms with van der Waals surface area (Å²) in [5.74, 6) is 0.366. The van der Waals surface area contributed by atoms with E-state index in [4.69, 9.17) is 27.9 Å². The SMILES string of the molecule is CCC(CC)C(CNC(=O)c1cc(Cl)ccc1Cl)N1CCOCC1. The highest BCUT2D eigenvalue weighted by Gasteiger charge is 2.27. The Morgan fingerprint density at radius 2 is 1.92 bits per heavy atom. The van der Waals surface area contributed by atoms with E-state index in [1.54, 1.807) is 18.2 Å². The Bertz CT molecular complexity index is 544. The van der Waals surface area contributed by atoms with E-state index in [1.165, 1.54) is 0 Å². The van der Waals surface area contributed by atoms with Crippen LogP contribution in [0.1, 0.15) is 37.0 Å². The fourth-order valence-corrected chi connectivity index (χ4v) is 3.68. The van der Waals surface area contributed by atoms with Gasteiger partial charge in [-0.3, -0.25) is 9.69 Å². The van der Waals surface area contributed by atoms with Crippen molar-refractivity contribution < 1.29 is 9.53 Å². The molecule has 0 aliphatic carbocycles. The van der Waals surface area contributed by atoms with E-state index in [2.05, 4.69) is 24.1 Å². The highest BCUT2D eigenvalue weighted by atomic mass is 35.5. The van der Waals surface area contributed by atoms with Gasteiger partial charge in [0.1, 0.15) is 0 Å². The number of amides is 1. The molecule has 1 N–H and O–H groups in total. The molecule has 1 aromatic rings. The fraction of sp³-hybridized carbons (Fsp3) is 0.611. The molecule has 0 aromatic heterocycles. The van der Waals surface area contributed by atoms with Crippen LogP contribution in [0.3, 0.4) is 0 Å². The molecule has 134 valence electrons. The summed E-state index contributed by atoms with van der Waals surface area (Å²) in [6, 6.07) is 5.26. The number of ether oxygens (including phenoxy) is 1. The van der Waals surface area contributed by atoms with Gasteiger partial charge in [0.05, 0.1) is 23.8 Å². The minimum atomic E-state index is -0.174. The van der Waals surface area contributed by atoms with Gasteiger partial charge in [0.25, 0.3) is 5.91 Å². The summed E-state index contributed by atoms with van der Waals surface area (Å²) in [6.45, 7) is 8.35. The number of nitrogens with zero attached hydrogens (tertiary/aromatic N) is 1. The van der Waals surface area contributed by atoms with Crippen molar-refractivity contribution in [3.8, 4) is 0 Å². The summed E-state index contributed by atoms with van der Waals surface area (Å²) < 4.78 is 5.46. The second-order valence-corrected chi connectivity index (χ2v) is 6.97. The van der Waals surface area contributed by atoms with Gasteiger partial charge in [-0.25, -0.2) is 0 Å². The maximum atomic E-state index is 12.5. The number of morpholine rings is 1. The number of hydrogen-bond acceptors (Lipinski definition) is 3. The molecule has 0 spiro atoms. The molecule has 0 saturated carbocycles. The molecular weight excluding hydrogens is 347 g/mol. The number of halogens is 2. The number of hydrogen-bond donors (Lipinski definition) is 1. The quantitative estimate of drug-likeness (QED) is 0.789. The molecule has 1 saturated heterocycles. The van der Waals surface area contributed by atoms with Gasteiger partial charge in [-0.05, 0) is 24.1 Å². The molecule has 1 amide bonds. The van der Waals surface area contributed by atoms with Gasteiger partial charge in [-0.1, -0.05) is 49.9 Å². The Hall–Kier alpha value is -0.810. The number of nitrogens with one attached hydrogen (secondary N) is 1. The number of rotatable bonds is 7. The first kappa shape index (κ1) is 19.5. The van der Waals surface area contributed by atoms with Gasteiger partial charge in [0.2, 0.25) is 0 Å². The predicted molar refractivity (Wildman–Crippen MR) is 99.0 cm³/mol. The maximum absolute atomic E-state index is 12.5. The summed E-state index contributed by atoms with van der Waals surface area (Å²) in [7, 11) is 0. The van der Waals surface area contributed by atoms with Crippen molar-refractivity contribution >= 4 is 29.1 Å². The zero-order valence-electron chi connectivity index (χ0n) is 14.4. The monoisotopic (exact) mass is 372 g/mol. The smallest absolute Gasteiger partial charge is 0.252 e. The van der Waals surface area contributed by atoms with E-state index in [-0.39, 0.29) is 5.91 Å². The van der Waals surface area contributed by atoms with Crippen molar-refractivity contribution in [1.82, 2.24) is 10.2 Å². The molecule has 1 fully saturated rings. The van der Waals surface area contributed by atoms with Crippen LogP contribution in [0, 0.1) is 5.92 Å². The first-order chi connectivity index (χ1) is 11.6. The summed E-state index contributed by atoms with van der Waals surface area (Å²) in [5.41, 5.74) is 0.425. The Balaban J connectivity index is 2.05. The molecular formula is C18H26Cl2N2O2. The van der Waals surface area contributed by atoms with Crippen LogP contribution in [-0.4, -0.2) is 49.7 Å². The molecule has 0 radical (unpaired) electrons. The van der Waals surface area contributed by atoms with Crippen LogP contribution in [0.15, 0.2) is 18.2 Å². The molecule has 1 heterocycles. The van der Waals surface area contributed by atoms with Crippen LogP contribution in [0.25, 0.3) is 0 Å². The lowest BCUT2D eigenvalue weighted by Gasteiger charge is -2.38. The third-order valence-corrected chi connectivity index (χ3v) is 5.32. The largest absolute Gasteiger partial charge is 0.379 e. The Morgan fingerprint density at radius 1 is 1.25 bits per heavy atom. The summed E-state index contributed by atoms with van der Waals surface area (Å²) >= 11 is 12.1. The third kappa shape index (κ3) is 5.09. The second-order valence-electron chi connectivity index (χ2n) is 6.13. The van der Waals surface area contributed by atoms with E-state index in [0.29, 0.717) is 34.1 Å². The standard InChI is InChI=1S/C18H26Cl2N2O2/c1-3-13(4-2)17(22-7-9-24-10-8-22)12-21-18(23)15-11-14(19)5-6-16(15)20/h5-6,11,13,17H,3-4,7-10,12H2,1-2H3,(H,21,23). The van der Waals surface area contributed by atoms with Crippen molar-refractivity contribution in [2.45, 2.75) is 32.7 Å². The van der Waals surface area contributed by atoms with E-state index in [0.717, 1.165) is 39.1 Å². The van der Waals surface area contributed by atoms with Crippen molar-refractivity contribution in [3.63, 3.8) is 0 Å². The zero-order chi connectivity index (χ0) is 17.5. The first-order valence-corrected chi connectivity index (χ1v) is 9.37. The average Bonchev–Trinajstić information content (AvgIpc) is 2.61. The third-order valence-electron chi connectivity index (χ3n) is 4.75. The van der Waals surface area contributed by atoms with Gasteiger partial charge < -0.3 is 10.1 Å². The predicted octanol–water partition coefficient (Wildman–Crippen LogP) is 3.86. The van der Waals surface area contributed by atoms with Gasteiger partial charge in [0, 0.05) is 30.7 Å². The molecule has 24 heavy (non-hydrogen) atoms.